The molecule has 4 heteroatoms. The van der Waals surface area contributed by atoms with Gasteiger partial charge in [-0.1, -0.05) is 15.9 Å². The summed E-state index contributed by atoms with van der Waals surface area (Å²) in [6.45, 7) is 0. The Hall–Kier alpha value is 1.14. The number of halogens is 3. The van der Waals surface area contributed by atoms with Gasteiger partial charge >= 0.3 is 0 Å². The molecule has 0 N–H and O–H groups in total. The zero-order valence-corrected chi connectivity index (χ0v) is 9.90. The van der Waals surface area contributed by atoms with Crippen LogP contribution in [0.1, 0.15) is 5.56 Å². The summed E-state index contributed by atoms with van der Waals surface area (Å²) in [4.78, 5) is 0. The Balaban J connectivity index is 3.01. The topological polar surface area (TPSA) is 0 Å². The van der Waals surface area contributed by atoms with Crippen LogP contribution in [0.3, 0.4) is 0 Å². The number of rotatable bonds is 1. The van der Waals surface area contributed by atoms with Crippen LogP contribution in [0.25, 0.3) is 0 Å². The van der Waals surface area contributed by atoms with Gasteiger partial charge < -0.3 is 0 Å². The lowest BCUT2D eigenvalue weighted by atomic mass is 10.4. The zero-order chi connectivity index (χ0) is 6.85. The van der Waals surface area contributed by atoms with Crippen molar-refractivity contribution in [2.24, 2.45) is 0 Å². The molecule has 1 rings (SSSR count). The lowest BCUT2D eigenvalue weighted by molar-refractivity contribution is 1.48. The molecule has 0 fully saturated rings. The van der Waals surface area contributed by atoms with E-state index in [0.717, 1.165) is 5.33 Å². The highest BCUT2D eigenvalue weighted by atomic mass is 79.9. The van der Waals surface area contributed by atoms with Crippen LogP contribution < -0.4 is 0 Å². The molecule has 1 heterocycles. The van der Waals surface area contributed by atoms with Crippen LogP contribution in [0, 0.1) is 0 Å². The van der Waals surface area contributed by atoms with Gasteiger partial charge in [-0.2, -0.15) is 0 Å². The van der Waals surface area contributed by atoms with E-state index in [1.165, 1.54) is 13.1 Å². The first-order chi connectivity index (χ1) is 4.24. The van der Waals surface area contributed by atoms with E-state index in [1.54, 1.807) is 11.3 Å². The molecule has 0 aliphatic carbocycles. The van der Waals surface area contributed by atoms with Crippen molar-refractivity contribution in [1.29, 1.82) is 0 Å². The number of hydrogen-bond donors (Lipinski definition) is 0. The molecule has 0 nitrogen and oxygen atoms in total. The lowest BCUT2D eigenvalue weighted by Gasteiger charge is -1.84. The molecule has 0 radical (unpaired) electrons. The summed E-state index contributed by atoms with van der Waals surface area (Å²) in [5.74, 6) is 0. The standard InChI is InChI=1S/C5H3Br3S/c6-2-3-1-4(7)9-5(3)8/h1H,2H2. The Labute approximate surface area is 83.0 Å². The average Bonchev–Trinajstić information content (AvgIpc) is 2.10. The summed E-state index contributed by atoms with van der Waals surface area (Å²) in [6, 6.07) is 2.10. The fraction of sp³-hybridized carbons (Fsp3) is 0.200. The summed E-state index contributed by atoms with van der Waals surface area (Å²) in [7, 11) is 0. The Bertz CT molecular complexity index is 206. The third kappa shape index (κ3) is 2.03. The van der Waals surface area contributed by atoms with Crippen molar-refractivity contribution < 1.29 is 0 Å². The molecule has 0 aliphatic rings. The first-order valence-corrected chi connectivity index (χ1v) is 5.76. The molecule has 0 atom stereocenters. The second-order valence-electron chi connectivity index (χ2n) is 1.48. The van der Waals surface area contributed by atoms with E-state index in [1.807, 2.05) is 0 Å². The van der Waals surface area contributed by atoms with Gasteiger partial charge in [-0.3, -0.25) is 0 Å². The van der Waals surface area contributed by atoms with Gasteiger partial charge in [0, 0.05) is 5.33 Å². The van der Waals surface area contributed by atoms with Crippen LogP contribution in [-0.2, 0) is 5.33 Å². The molecule has 0 spiro atoms. The molecule has 0 unspecified atom stereocenters. The van der Waals surface area contributed by atoms with Gasteiger partial charge in [-0.05, 0) is 43.5 Å². The maximum atomic E-state index is 3.44. The van der Waals surface area contributed by atoms with Gasteiger partial charge in [0.25, 0.3) is 0 Å². The Morgan fingerprint density at radius 2 is 2.11 bits per heavy atom. The Morgan fingerprint density at radius 1 is 1.44 bits per heavy atom. The first-order valence-electron chi connectivity index (χ1n) is 2.23. The molecule has 0 aromatic carbocycles. The van der Waals surface area contributed by atoms with Crippen molar-refractivity contribution in [2.45, 2.75) is 5.33 Å². The van der Waals surface area contributed by atoms with Crippen molar-refractivity contribution in [1.82, 2.24) is 0 Å². The van der Waals surface area contributed by atoms with E-state index in [4.69, 9.17) is 0 Å². The minimum atomic E-state index is 0.912. The monoisotopic (exact) mass is 332 g/mol. The van der Waals surface area contributed by atoms with Crippen molar-refractivity contribution >= 4 is 59.1 Å². The molecule has 0 saturated carbocycles. The van der Waals surface area contributed by atoms with Crippen molar-refractivity contribution in [3.63, 3.8) is 0 Å². The summed E-state index contributed by atoms with van der Waals surface area (Å²) in [5.41, 5.74) is 1.30. The van der Waals surface area contributed by atoms with E-state index < -0.39 is 0 Å². The second-order valence-corrected chi connectivity index (χ2v) is 5.79. The highest BCUT2D eigenvalue weighted by molar-refractivity contribution is 9.12. The lowest BCUT2D eigenvalue weighted by Crippen LogP contribution is -1.66. The van der Waals surface area contributed by atoms with Gasteiger partial charge in [-0.25, -0.2) is 0 Å². The van der Waals surface area contributed by atoms with E-state index in [9.17, 15) is 0 Å². The highest BCUT2D eigenvalue weighted by Gasteiger charge is 2.01. The molecule has 0 saturated heterocycles. The van der Waals surface area contributed by atoms with Crippen LogP contribution in [0.4, 0.5) is 0 Å². The third-order valence-electron chi connectivity index (χ3n) is 0.871. The van der Waals surface area contributed by atoms with Crippen LogP contribution >= 0.6 is 59.1 Å². The van der Waals surface area contributed by atoms with E-state index in [2.05, 4.69) is 53.9 Å². The highest BCUT2D eigenvalue weighted by Crippen LogP contribution is 2.32. The molecule has 1 aromatic heterocycles. The minimum absolute atomic E-state index is 0.912. The molecular formula is C5H3Br3S. The summed E-state index contributed by atoms with van der Waals surface area (Å²) in [5, 5.41) is 0.912. The average molecular weight is 335 g/mol. The largest absolute Gasteiger partial charge is 0.121 e. The fourth-order valence-corrected chi connectivity index (χ4v) is 4.30. The summed E-state index contributed by atoms with van der Waals surface area (Å²) in [6.07, 6.45) is 0. The minimum Gasteiger partial charge on any atom is -0.121 e. The third-order valence-corrected chi connectivity index (χ3v) is 3.94. The van der Waals surface area contributed by atoms with E-state index in [-0.39, 0.29) is 0 Å². The molecule has 9 heavy (non-hydrogen) atoms. The molecule has 50 valence electrons. The normalized spacial score (nSPS) is 10.1. The van der Waals surface area contributed by atoms with Gasteiger partial charge in [0.15, 0.2) is 0 Å². The Kier molecular flexibility index (Phi) is 3.21. The predicted molar refractivity (Wildman–Crippen MR) is 52.4 cm³/mol. The maximum absolute atomic E-state index is 3.44. The SMILES string of the molecule is BrCc1cc(Br)sc1Br. The smallest absolute Gasteiger partial charge is 0.0750 e. The number of hydrogen-bond acceptors (Lipinski definition) is 1. The fourth-order valence-electron chi connectivity index (χ4n) is 0.465. The molecule has 0 amide bonds. The Morgan fingerprint density at radius 3 is 2.33 bits per heavy atom. The molecule has 1 aromatic rings. The summed E-state index contributed by atoms with van der Waals surface area (Å²) >= 11 is 11.9. The van der Waals surface area contributed by atoms with Gasteiger partial charge in [0.05, 0.1) is 7.57 Å². The quantitative estimate of drug-likeness (QED) is 0.676. The first kappa shape index (κ1) is 8.24. The summed E-state index contributed by atoms with van der Waals surface area (Å²) < 4.78 is 2.37. The van der Waals surface area contributed by atoms with Gasteiger partial charge in [-0.15, -0.1) is 11.3 Å². The van der Waals surface area contributed by atoms with Crippen LogP contribution in [0.15, 0.2) is 13.6 Å². The molecule has 0 bridgehead atoms. The van der Waals surface area contributed by atoms with E-state index >= 15 is 0 Å². The van der Waals surface area contributed by atoms with Crippen molar-refractivity contribution in [3.8, 4) is 0 Å². The number of thiophene rings is 1. The molecular weight excluding hydrogens is 332 g/mol. The van der Waals surface area contributed by atoms with Crippen molar-refractivity contribution in [3.05, 3.63) is 19.2 Å². The van der Waals surface area contributed by atoms with Crippen LogP contribution in [-0.4, -0.2) is 0 Å². The van der Waals surface area contributed by atoms with Crippen molar-refractivity contribution in [2.75, 3.05) is 0 Å². The van der Waals surface area contributed by atoms with Crippen LogP contribution in [0.2, 0.25) is 0 Å². The maximum Gasteiger partial charge on any atom is 0.0750 e. The van der Waals surface area contributed by atoms with Gasteiger partial charge in [0.2, 0.25) is 0 Å². The predicted octanol–water partition coefficient (Wildman–Crippen LogP) is 4.17. The molecule has 0 aliphatic heterocycles. The van der Waals surface area contributed by atoms with Crippen LogP contribution in [0.5, 0.6) is 0 Å². The zero-order valence-electron chi connectivity index (χ0n) is 4.33. The number of alkyl halides is 1. The van der Waals surface area contributed by atoms with Gasteiger partial charge in [0.1, 0.15) is 0 Å². The second kappa shape index (κ2) is 3.51. The van der Waals surface area contributed by atoms with E-state index in [0.29, 0.717) is 0 Å².